The van der Waals surface area contributed by atoms with E-state index < -0.39 is 0 Å². The van der Waals surface area contributed by atoms with Crippen LogP contribution in [0.5, 0.6) is 0 Å². The van der Waals surface area contributed by atoms with Crippen LogP contribution in [0.1, 0.15) is 31.8 Å². The number of aldehydes is 1. The molecule has 24 heavy (non-hydrogen) atoms. The normalized spacial score (nSPS) is 13.4. The highest BCUT2D eigenvalue weighted by molar-refractivity contribution is 6.22. The van der Waals surface area contributed by atoms with E-state index in [4.69, 9.17) is 5.41 Å². The molecule has 0 radical (unpaired) electrons. The van der Waals surface area contributed by atoms with Gasteiger partial charge in [-0.15, -0.1) is 0 Å². The van der Waals surface area contributed by atoms with Crippen LogP contribution in [-0.4, -0.2) is 22.9 Å². The third-order valence-electron chi connectivity index (χ3n) is 4.43. The van der Waals surface area contributed by atoms with Gasteiger partial charge in [-0.2, -0.15) is 0 Å². The molecule has 0 atom stereocenters. The molecule has 1 amide bonds. The van der Waals surface area contributed by atoms with Crippen LogP contribution in [0.3, 0.4) is 0 Å². The first-order valence-electron chi connectivity index (χ1n) is 7.66. The molecule has 1 aliphatic rings. The Kier molecular flexibility index (Phi) is 3.24. The quantitative estimate of drug-likeness (QED) is 0.750. The van der Waals surface area contributed by atoms with Gasteiger partial charge in [0.15, 0.2) is 6.29 Å². The molecule has 4 rings (SSSR count). The Bertz CT molecular complexity index is 972. The minimum absolute atomic E-state index is 0.154. The smallest absolute Gasteiger partial charge is 0.260 e. The molecule has 1 N–H and O–H groups in total. The molecule has 0 unspecified atom stereocenters. The molecular weight excluding hydrogens is 300 g/mol. The predicted molar refractivity (Wildman–Crippen MR) is 92.5 cm³/mol. The second kappa shape index (κ2) is 5.42. The molecule has 3 aromatic carbocycles. The second-order valence-corrected chi connectivity index (χ2v) is 5.76. The van der Waals surface area contributed by atoms with Gasteiger partial charge >= 0.3 is 0 Å². The Balaban J connectivity index is 1.78. The molecule has 4 heteroatoms. The summed E-state index contributed by atoms with van der Waals surface area (Å²) in [4.78, 5) is 25.3. The summed E-state index contributed by atoms with van der Waals surface area (Å²) >= 11 is 0. The monoisotopic (exact) mass is 314 g/mol. The highest BCUT2D eigenvalue weighted by Gasteiger charge is 2.32. The molecule has 0 bridgehead atoms. The first-order valence-corrected chi connectivity index (χ1v) is 7.66. The van der Waals surface area contributed by atoms with E-state index in [1.807, 2.05) is 42.5 Å². The maximum atomic E-state index is 12.6. The Labute approximate surface area is 138 Å². The maximum Gasteiger partial charge on any atom is 0.260 e. The van der Waals surface area contributed by atoms with Crippen molar-refractivity contribution < 1.29 is 9.59 Å². The van der Waals surface area contributed by atoms with Gasteiger partial charge in [0.2, 0.25) is 0 Å². The number of amidine groups is 1. The number of benzene rings is 3. The summed E-state index contributed by atoms with van der Waals surface area (Å²) in [6.07, 6.45) is 0.838. The van der Waals surface area contributed by atoms with Crippen LogP contribution in [0.15, 0.2) is 60.7 Å². The zero-order valence-electron chi connectivity index (χ0n) is 12.8. The van der Waals surface area contributed by atoms with Crippen molar-refractivity contribution in [3.63, 3.8) is 0 Å². The van der Waals surface area contributed by atoms with Crippen LogP contribution in [0, 0.1) is 5.41 Å². The van der Waals surface area contributed by atoms with E-state index >= 15 is 0 Å². The van der Waals surface area contributed by atoms with Crippen molar-refractivity contribution >= 4 is 28.8 Å². The van der Waals surface area contributed by atoms with E-state index in [0.29, 0.717) is 23.2 Å². The van der Waals surface area contributed by atoms with Crippen LogP contribution in [0.2, 0.25) is 0 Å². The minimum Gasteiger partial charge on any atom is -0.298 e. The second-order valence-electron chi connectivity index (χ2n) is 5.76. The molecular formula is C20H14N2O2. The summed E-state index contributed by atoms with van der Waals surface area (Å²) in [6.45, 7) is 0.312. The van der Waals surface area contributed by atoms with E-state index in [0.717, 1.165) is 22.6 Å². The van der Waals surface area contributed by atoms with Crippen LogP contribution in [0.25, 0.3) is 10.8 Å². The first kappa shape index (κ1) is 14.3. The lowest BCUT2D eigenvalue weighted by molar-refractivity contribution is 0.0852. The average molecular weight is 314 g/mol. The fraction of sp³-hybridized carbons (Fsp3) is 0.0500. The van der Waals surface area contributed by atoms with Gasteiger partial charge in [0.25, 0.3) is 5.91 Å². The Morgan fingerprint density at radius 3 is 2.25 bits per heavy atom. The molecule has 0 saturated carbocycles. The Morgan fingerprint density at radius 1 is 0.875 bits per heavy atom. The van der Waals surface area contributed by atoms with Gasteiger partial charge in [-0.1, -0.05) is 54.6 Å². The Morgan fingerprint density at radius 2 is 1.54 bits per heavy atom. The SMILES string of the molecule is N=C1c2ccccc2C(=O)N1Cc1ccc(C=O)c2ccccc12. The van der Waals surface area contributed by atoms with Gasteiger partial charge in [-0.05, 0) is 22.4 Å². The van der Waals surface area contributed by atoms with Crippen molar-refractivity contribution in [1.29, 1.82) is 5.41 Å². The third-order valence-corrected chi connectivity index (χ3v) is 4.43. The van der Waals surface area contributed by atoms with E-state index in [-0.39, 0.29) is 11.7 Å². The first-order chi connectivity index (χ1) is 11.7. The number of hydrogen-bond donors (Lipinski definition) is 1. The van der Waals surface area contributed by atoms with Crippen LogP contribution >= 0.6 is 0 Å². The summed E-state index contributed by atoms with van der Waals surface area (Å²) in [5.41, 5.74) is 2.77. The number of carbonyl (C=O) groups is 2. The number of nitrogens with zero attached hydrogens (tertiary/aromatic N) is 1. The van der Waals surface area contributed by atoms with Crippen molar-refractivity contribution in [2.75, 3.05) is 0 Å². The number of amides is 1. The van der Waals surface area contributed by atoms with Crippen molar-refractivity contribution in [1.82, 2.24) is 4.90 Å². The number of fused-ring (bicyclic) bond motifs is 2. The summed E-state index contributed by atoms with van der Waals surface area (Å²) in [5, 5.41) is 10.1. The summed E-state index contributed by atoms with van der Waals surface area (Å²) in [6, 6.07) is 18.4. The fourth-order valence-electron chi connectivity index (χ4n) is 3.22. The van der Waals surface area contributed by atoms with Crippen molar-refractivity contribution in [3.8, 4) is 0 Å². The van der Waals surface area contributed by atoms with E-state index in [2.05, 4.69) is 0 Å². The van der Waals surface area contributed by atoms with Gasteiger partial charge in [-0.25, -0.2) is 0 Å². The van der Waals surface area contributed by atoms with Gasteiger partial charge in [0.1, 0.15) is 5.84 Å². The molecule has 1 aliphatic heterocycles. The molecule has 0 spiro atoms. The number of carbonyl (C=O) groups excluding carboxylic acids is 2. The van der Waals surface area contributed by atoms with E-state index in [9.17, 15) is 9.59 Å². The van der Waals surface area contributed by atoms with Crippen molar-refractivity contribution in [3.05, 3.63) is 82.9 Å². The molecule has 1 heterocycles. The number of rotatable bonds is 3. The number of nitrogens with one attached hydrogen (secondary N) is 1. The van der Waals surface area contributed by atoms with Gasteiger partial charge < -0.3 is 0 Å². The fourth-order valence-corrected chi connectivity index (χ4v) is 3.22. The van der Waals surface area contributed by atoms with Crippen LogP contribution in [0.4, 0.5) is 0 Å². The molecule has 0 aromatic heterocycles. The zero-order chi connectivity index (χ0) is 16.7. The van der Waals surface area contributed by atoms with Gasteiger partial charge in [0.05, 0.1) is 12.1 Å². The summed E-state index contributed by atoms with van der Waals surface area (Å²) in [5.74, 6) is 0.0679. The van der Waals surface area contributed by atoms with E-state index in [1.165, 1.54) is 4.90 Å². The molecule has 116 valence electrons. The molecule has 4 nitrogen and oxygen atoms in total. The van der Waals surface area contributed by atoms with Gasteiger partial charge in [0, 0.05) is 11.1 Å². The zero-order valence-corrected chi connectivity index (χ0v) is 12.8. The predicted octanol–water partition coefficient (Wildman–Crippen LogP) is 3.63. The van der Waals surface area contributed by atoms with Crippen molar-refractivity contribution in [2.24, 2.45) is 0 Å². The highest BCUT2D eigenvalue weighted by Crippen LogP contribution is 2.28. The third kappa shape index (κ3) is 2.04. The molecule has 3 aromatic rings. The lowest BCUT2D eigenvalue weighted by Gasteiger charge is -2.18. The summed E-state index contributed by atoms with van der Waals surface area (Å²) < 4.78 is 0. The van der Waals surface area contributed by atoms with Crippen LogP contribution < -0.4 is 0 Å². The maximum absolute atomic E-state index is 12.6. The van der Waals surface area contributed by atoms with Crippen molar-refractivity contribution in [2.45, 2.75) is 6.54 Å². The lowest BCUT2D eigenvalue weighted by atomic mass is 10.00. The highest BCUT2D eigenvalue weighted by atomic mass is 16.2. The van der Waals surface area contributed by atoms with Gasteiger partial charge in [-0.3, -0.25) is 19.9 Å². The largest absolute Gasteiger partial charge is 0.298 e. The average Bonchev–Trinajstić information content (AvgIpc) is 2.87. The molecule has 0 aliphatic carbocycles. The molecule has 0 fully saturated rings. The number of hydrogen-bond acceptors (Lipinski definition) is 3. The standard InChI is InChI=1S/C20H14N2O2/c21-19-17-7-3-4-8-18(17)20(24)22(19)11-13-9-10-14(12-23)16-6-2-1-5-15(13)16/h1-10,12,21H,11H2. The van der Waals surface area contributed by atoms with Crippen LogP contribution in [-0.2, 0) is 6.54 Å². The summed E-state index contributed by atoms with van der Waals surface area (Å²) in [7, 11) is 0. The molecule has 0 saturated heterocycles. The topological polar surface area (TPSA) is 61.2 Å². The van der Waals surface area contributed by atoms with E-state index in [1.54, 1.807) is 18.2 Å². The lowest BCUT2D eigenvalue weighted by Crippen LogP contribution is -2.29. The Hall–Kier alpha value is -3.27. The minimum atomic E-state index is -0.154.